The SMILES string of the molecule is CC(=O)c1c(C)[nH]c(C(=O)COC(=O)c2ccc(N3C[C@@H](C)C[C@H](C)C3)c([N+](=O)[O-])c2)c1C. The van der Waals surface area contributed by atoms with Gasteiger partial charge in [-0.25, -0.2) is 4.79 Å². The molecule has 9 nitrogen and oxygen atoms in total. The summed E-state index contributed by atoms with van der Waals surface area (Å²) in [5, 5.41) is 11.7. The van der Waals surface area contributed by atoms with E-state index in [1.165, 1.54) is 19.1 Å². The molecule has 2 atom stereocenters. The second-order valence-electron chi connectivity index (χ2n) is 8.99. The summed E-state index contributed by atoms with van der Waals surface area (Å²) in [6, 6.07) is 4.25. The number of carbonyl (C=O) groups excluding carboxylic acids is 3. The van der Waals surface area contributed by atoms with Gasteiger partial charge in [-0.05, 0) is 56.7 Å². The number of benzene rings is 1. The van der Waals surface area contributed by atoms with Crippen molar-refractivity contribution in [3.8, 4) is 0 Å². The van der Waals surface area contributed by atoms with Gasteiger partial charge in [0.2, 0.25) is 5.78 Å². The van der Waals surface area contributed by atoms with E-state index in [2.05, 4.69) is 18.8 Å². The van der Waals surface area contributed by atoms with Gasteiger partial charge >= 0.3 is 5.97 Å². The minimum absolute atomic E-state index is 0.000157. The summed E-state index contributed by atoms with van der Waals surface area (Å²) in [5.74, 6) is -0.660. The van der Waals surface area contributed by atoms with Gasteiger partial charge in [-0.3, -0.25) is 19.7 Å². The van der Waals surface area contributed by atoms with E-state index in [1.807, 2.05) is 4.90 Å². The number of aryl methyl sites for hydroxylation is 1. The van der Waals surface area contributed by atoms with Crippen molar-refractivity contribution in [1.82, 2.24) is 4.98 Å². The molecular weight excluding hydrogens is 426 g/mol. The maximum atomic E-state index is 12.6. The number of rotatable bonds is 7. The molecule has 1 aliphatic heterocycles. The molecule has 0 saturated carbocycles. The van der Waals surface area contributed by atoms with Crippen LogP contribution in [-0.4, -0.2) is 47.1 Å². The predicted molar refractivity (Wildman–Crippen MR) is 123 cm³/mol. The number of ether oxygens (including phenoxy) is 1. The van der Waals surface area contributed by atoms with Gasteiger partial charge < -0.3 is 14.6 Å². The van der Waals surface area contributed by atoms with Crippen molar-refractivity contribution in [2.24, 2.45) is 11.8 Å². The summed E-state index contributed by atoms with van der Waals surface area (Å²) in [6.45, 7) is 9.86. The summed E-state index contributed by atoms with van der Waals surface area (Å²) in [5.41, 5.74) is 2.03. The third kappa shape index (κ3) is 5.13. The smallest absolute Gasteiger partial charge is 0.338 e. The lowest BCUT2D eigenvalue weighted by molar-refractivity contribution is -0.384. The molecule has 1 aromatic carbocycles. The van der Waals surface area contributed by atoms with E-state index in [0.29, 0.717) is 47.4 Å². The molecule has 9 heteroatoms. The maximum Gasteiger partial charge on any atom is 0.338 e. The summed E-state index contributed by atoms with van der Waals surface area (Å²) < 4.78 is 5.13. The topological polar surface area (TPSA) is 123 Å². The van der Waals surface area contributed by atoms with E-state index in [0.717, 1.165) is 6.42 Å². The van der Waals surface area contributed by atoms with E-state index >= 15 is 0 Å². The number of hydrogen-bond acceptors (Lipinski definition) is 7. The normalized spacial score (nSPS) is 18.2. The van der Waals surface area contributed by atoms with Crippen LogP contribution in [0.3, 0.4) is 0 Å². The van der Waals surface area contributed by atoms with Crippen LogP contribution >= 0.6 is 0 Å². The van der Waals surface area contributed by atoms with E-state index in [9.17, 15) is 24.5 Å². The molecule has 2 aromatic rings. The molecule has 1 fully saturated rings. The molecule has 1 N–H and O–H groups in total. The minimum atomic E-state index is -0.828. The number of aromatic nitrogens is 1. The van der Waals surface area contributed by atoms with Crippen LogP contribution in [0.15, 0.2) is 18.2 Å². The highest BCUT2D eigenvalue weighted by molar-refractivity contribution is 6.04. The zero-order valence-corrected chi connectivity index (χ0v) is 19.6. The molecule has 0 unspecified atom stereocenters. The predicted octanol–water partition coefficient (Wildman–Crippen LogP) is 4.26. The molecule has 1 saturated heterocycles. The molecule has 0 amide bonds. The van der Waals surface area contributed by atoms with E-state index < -0.39 is 23.3 Å². The van der Waals surface area contributed by atoms with Gasteiger partial charge in [0.1, 0.15) is 5.69 Å². The number of ketones is 2. The highest BCUT2D eigenvalue weighted by Gasteiger charge is 2.28. The molecule has 176 valence electrons. The molecule has 1 aliphatic rings. The number of anilines is 1. The lowest BCUT2D eigenvalue weighted by Gasteiger charge is -2.36. The van der Waals surface area contributed by atoms with Crippen LogP contribution in [0.4, 0.5) is 11.4 Å². The van der Waals surface area contributed by atoms with Gasteiger partial charge in [-0.1, -0.05) is 13.8 Å². The third-order valence-electron chi connectivity index (χ3n) is 6.02. The van der Waals surface area contributed by atoms with Gasteiger partial charge in [0.05, 0.1) is 16.2 Å². The first-order valence-corrected chi connectivity index (χ1v) is 10.9. The number of nitro groups is 1. The van der Waals surface area contributed by atoms with E-state index in [-0.39, 0.29) is 22.7 Å². The fraction of sp³-hybridized carbons (Fsp3) is 0.458. The van der Waals surface area contributed by atoms with E-state index in [4.69, 9.17) is 4.74 Å². The Hall–Kier alpha value is -3.49. The molecule has 0 bridgehead atoms. The van der Waals surface area contributed by atoms with Crippen molar-refractivity contribution in [3.05, 3.63) is 56.4 Å². The summed E-state index contributed by atoms with van der Waals surface area (Å²) in [6.07, 6.45) is 1.07. The number of nitro benzene ring substituents is 1. The van der Waals surface area contributed by atoms with Crippen LogP contribution in [0, 0.1) is 35.8 Å². The van der Waals surface area contributed by atoms with Crippen LogP contribution < -0.4 is 4.90 Å². The Morgan fingerprint density at radius 2 is 1.82 bits per heavy atom. The molecule has 33 heavy (non-hydrogen) atoms. The number of piperidine rings is 1. The quantitative estimate of drug-likeness (QED) is 0.286. The second kappa shape index (κ2) is 9.56. The number of carbonyl (C=O) groups is 3. The first kappa shape index (κ1) is 24.2. The van der Waals surface area contributed by atoms with Crippen molar-refractivity contribution in [2.45, 2.75) is 41.0 Å². The maximum absolute atomic E-state index is 12.6. The largest absolute Gasteiger partial charge is 0.454 e. The third-order valence-corrected chi connectivity index (χ3v) is 6.02. The minimum Gasteiger partial charge on any atom is -0.454 e. The number of hydrogen-bond donors (Lipinski definition) is 1. The van der Waals surface area contributed by atoms with Crippen LogP contribution in [-0.2, 0) is 4.74 Å². The number of aromatic amines is 1. The monoisotopic (exact) mass is 455 g/mol. The molecule has 1 aromatic heterocycles. The Morgan fingerprint density at radius 1 is 1.18 bits per heavy atom. The van der Waals surface area contributed by atoms with Gasteiger partial charge in [-0.15, -0.1) is 0 Å². The van der Waals surface area contributed by atoms with Crippen LogP contribution in [0.5, 0.6) is 0 Å². The summed E-state index contributed by atoms with van der Waals surface area (Å²) in [4.78, 5) is 52.9. The number of H-pyrrole nitrogens is 1. The first-order chi connectivity index (χ1) is 15.5. The van der Waals surface area contributed by atoms with Crippen molar-refractivity contribution >= 4 is 28.9 Å². The van der Waals surface area contributed by atoms with Gasteiger partial charge in [0.25, 0.3) is 5.69 Å². The van der Waals surface area contributed by atoms with Crippen LogP contribution in [0.1, 0.15) is 69.7 Å². The Morgan fingerprint density at radius 3 is 2.36 bits per heavy atom. The Labute approximate surface area is 192 Å². The second-order valence-corrected chi connectivity index (χ2v) is 8.99. The zero-order chi connectivity index (χ0) is 24.4. The number of nitrogens with zero attached hydrogens (tertiary/aromatic N) is 2. The van der Waals surface area contributed by atoms with Crippen molar-refractivity contribution in [3.63, 3.8) is 0 Å². The van der Waals surface area contributed by atoms with Crippen molar-refractivity contribution in [2.75, 3.05) is 24.6 Å². The van der Waals surface area contributed by atoms with Crippen molar-refractivity contribution < 1.29 is 24.0 Å². The Balaban J connectivity index is 1.76. The number of Topliss-reactive ketones (excluding diaryl/α,β-unsaturated/α-hetero) is 2. The molecular formula is C24H29N3O6. The lowest BCUT2D eigenvalue weighted by atomic mass is 9.91. The molecule has 3 rings (SSSR count). The van der Waals surface area contributed by atoms with Crippen molar-refractivity contribution in [1.29, 1.82) is 0 Å². The van der Waals surface area contributed by atoms with E-state index in [1.54, 1.807) is 19.9 Å². The van der Waals surface area contributed by atoms with Crippen LogP contribution in [0.25, 0.3) is 0 Å². The number of esters is 1. The Kier molecular flexibility index (Phi) is 7.00. The standard InChI is InChI=1S/C24H29N3O6/c1-13-8-14(2)11-26(10-13)19-7-6-18(9-20(19)27(31)32)24(30)33-12-21(29)23-15(3)22(17(5)28)16(4)25-23/h6-7,9,13-14,25H,8,10-12H2,1-5H3/t13-,14-/m0/s1. The Bertz CT molecular complexity index is 1110. The average Bonchev–Trinajstić information content (AvgIpc) is 3.04. The first-order valence-electron chi connectivity index (χ1n) is 10.9. The zero-order valence-electron chi connectivity index (χ0n) is 19.6. The fourth-order valence-corrected chi connectivity index (χ4v) is 4.77. The average molecular weight is 456 g/mol. The van der Waals surface area contributed by atoms with Gasteiger partial charge in [0, 0.05) is 30.4 Å². The number of nitrogens with one attached hydrogen (secondary N) is 1. The fourth-order valence-electron chi connectivity index (χ4n) is 4.77. The lowest BCUT2D eigenvalue weighted by Crippen LogP contribution is -2.39. The molecule has 0 radical (unpaired) electrons. The highest BCUT2D eigenvalue weighted by atomic mass is 16.6. The summed E-state index contributed by atoms with van der Waals surface area (Å²) in [7, 11) is 0. The van der Waals surface area contributed by atoms with Crippen LogP contribution in [0.2, 0.25) is 0 Å². The van der Waals surface area contributed by atoms with Gasteiger partial charge in [0.15, 0.2) is 12.4 Å². The molecule has 0 aliphatic carbocycles. The van der Waals surface area contributed by atoms with Gasteiger partial charge in [-0.2, -0.15) is 0 Å². The molecule has 2 heterocycles. The molecule has 0 spiro atoms. The summed E-state index contributed by atoms with van der Waals surface area (Å²) >= 11 is 0. The highest BCUT2D eigenvalue weighted by Crippen LogP contribution is 2.34.